The van der Waals surface area contributed by atoms with E-state index in [-0.39, 0.29) is 17.7 Å². The summed E-state index contributed by atoms with van der Waals surface area (Å²) in [6.45, 7) is 11.0. The van der Waals surface area contributed by atoms with Gasteiger partial charge in [-0.05, 0) is 38.8 Å². The Bertz CT molecular complexity index is 648. The molecule has 24 heavy (non-hydrogen) atoms. The van der Waals surface area contributed by atoms with Gasteiger partial charge in [0, 0.05) is 44.3 Å². The molecule has 3 rings (SSSR count). The van der Waals surface area contributed by atoms with E-state index in [0.717, 1.165) is 36.4 Å². The first-order chi connectivity index (χ1) is 11.4. The molecule has 5 heteroatoms. The van der Waals surface area contributed by atoms with Crippen LogP contribution >= 0.6 is 0 Å². The number of anilines is 1. The molecule has 0 radical (unpaired) electrons. The normalized spacial score (nSPS) is 24.6. The molecule has 2 fully saturated rings. The minimum Gasteiger partial charge on any atom is -0.340 e. The molecule has 5 nitrogen and oxygen atoms in total. The monoisotopic (exact) mass is 329 g/mol. The Kier molecular flexibility index (Phi) is 4.63. The molecule has 0 aromatic heterocycles. The van der Waals surface area contributed by atoms with Crippen LogP contribution in [0.15, 0.2) is 12.1 Å². The third kappa shape index (κ3) is 3.18. The van der Waals surface area contributed by atoms with Crippen LogP contribution in [0.25, 0.3) is 0 Å². The number of nitrogens with zero attached hydrogens (tertiary/aromatic N) is 2. The van der Waals surface area contributed by atoms with Crippen LogP contribution in [0.5, 0.6) is 0 Å². The molecule has 2 atom stereocenters. The maximum atomic E-state index is 12.8. The first kappa shape index (κ1) is 17.0. The molecule has 2 heterocycles. The van der Waals surface area contributed by atoms with Gasteiger partial charge in [0.25, 0.3) is 0 Å². The lowest BCUT2D eigenvalue weighted by Gasteiger charge is -2.33. The van der Waals surface area contributed by atoms with Crippen molar-refractivity contribution in [1.82, 2.24) is 10.2 Å². The Hall–Kier alpha value is -1.88. The minimum atomic E-state index is -0.220. The third-order valence-corrected chi connectivity index (χ3v) is 5.06. The van der Waals surface area contributed by atoms with Crippen molar-refractivity contribution in [3.8, 4) is 0 Å². The van der Waals surface area contributed by atoms with E-state index in [1.165, 1.54) is 5.56 Å². The van der Waals surface area contributed by atoms with Gasteiger partial charge in [0.1, 0.15) is 0 Å². The maximum absolute atomic E-state index is 12.8. The van der Waals surface area contributed by atoms with Crippen LogP contribution in [0.3, 0.4) is 0 Å². The Morgan fingerprint density at radius 2 is 1.83 bits per heavy atom. The van der Waals surface area contributed by atoms with Crippen molar-refractivity contribution in [1.29, 1.82) is 0 Å². The number of hydrogen-bond acceptors (Lipinski definition) is 3. The zero-order valence-corrected chi connectivity index (χ0v) is 15.1. The first-order valence-corrected chi connectivity index (χ1v) is 8.77. The van der Waals surface area contributed by atoms with Crippen LogP contribution in [0.4, 0.5) is 5.69 Å². The lowest BCUT2D eigenvalue weighted by molar-refractivity contribution is -0.136. The summed E-state index contributed by atoms with van der Waals surface area (Å²) in [4.78, 5) is 29.1. The summed E-state index contributed by atoms with van der Waals surface area (Å²) in [5.74, 6) is -0.0314. The van der Waals surface area contributed by atoms with Gasteiger partial charge >= 0.3 is 0 Å². The SMILES string of the molecule is Cc1cc(C)c(N2CC(C(=O)N3CCNC(C)C3)CC2=O)c(C)c1. The average molecular weight is 329 g/mol. The predicted octanol–water partition coefficient (Wildman–Crippen LogP) is 1.79. The molecule has 2 unspecified atom stereocenters. The van der Waals surface area contributed by atoms with Crippen molar-refractivity contribution in [2.24, 2.45) is 5.92 Å². The second kappa shape index (κ2) is 6.55. The minimum absolute atomic E-state index is 0.0617. The van der Waals surface area contributed by atoms with Gasteiger partial charge in [0.2, 0.25) is 11.8 Å². The molecule has 0 saturated carbocycles. The zero-order valence-electron chi connectivity index (χ0n) is 15.1. The molecule has 1 aromatic carbocycles. The van der Waals surface area contributed by atoms with Gasteiger partial charge in [0.15, 0.2) is 0 Å². The van der Waals surface area contributed by atoms with E-state index in [1.807, 2.05) is 23.6 Å². The van der Waals surface area contributed by atoms with Gasteiger partial charge in [-0.15, -0.1) is 0 Å². The Morgan fingerprint density at radius 1 is 1.17 bits per heavy atom. The highest BCUT2D eigenvalue weighted by Gasteiger charge is 2.38. The lowest BCUT2D eigenvalue weighted by Crippen LogP contribution is -2.53. The number of rotatable bonds is 2. The van der Waals surface area contributed by atoms with E-state index in [9.17, 15) is 9.59 Å². The second-order valence-electron chi connectivity index (χ2n) is 7.29. The van der Waals surface area contributed by atoms with Crippen molar-refractivity contribution >= 4 is 17.5 Å². The van der Waals surface area contributed by atoms with Crippen LogP contribution in [0.2, 0.25) is 0 Å². The molecular weight excluding hydrogens is 302 g/mol. The van der Waals surface area contributed by atoms with Gasteiger partial charge in [-0.25, -0.2) is 0 Å². The molecule has 130 valence electrons. The highest BCUT2D eigenvalue weighted by molar-refractivity contribution is 6.01. The maximum Gasteiger partial charge on any atom is 0.228 e. The summed E-state index contributed by atoms with van der Waals surface area (Å²) in [5.41, 5.74) is 4.38. The lowest BCUT2D eigenvalue weighted by atomic mass is 10.0. The van der Waals surface area contributed by atoms with Crippen LogP contribution in [0, 0.1) is 26.7 Å². The molecule has 2 aliphatic heterocycles. The van der Waals surface area contributed by atoms with Gasteiger partial charge in [-0.2, -0.15) is 0 Å². The quantitative estimate of drug-likeness (QED) is 0.900. The van der Waals surface area contributed by atoms with E-state index < -0.39 is 0 Å². The second-order valence-corrected chi connectivity index (χ2v) is 7.29. The average Bonchev–Trinajstić information content (AvgIpc) is 2.87. The Morgan fingerprint density at radius 3 is 2.46 bits per heavy atom. The number of aryl methyl sites for hydroxylation is 3. The number of benzene rings is 1. The Labute approximate surface area is 144 Å². The van der Waals surface area contributed by atoms with Crippen molar-refractivity contribution < 1.29 is 9.59 Å². The number of carbonyl (C=O) groups excluding carboxylic acids is 2. The zero-order chi connectivity index (χ0) is 17.4. The van der Waals surface area contributed by atoms with E-state index in [1.54, 1.807) is 0 Å². The highest BCUT2D eigenvalue weighted by Crippen LogP contribution is 2.32. The molecule has 2 amide bonds. The number of piperazine rings is 1. The number of amides is 2. The van der Waals surface area contributed by atoms with Crippen LogP contribution < -0.4 is 10.2 Å². The number of nitrogens with one attached hydrogen (secondary N) is 1. The fourth-order valence-electron chi connectivity index (χ4n) is 4.08. The highest BCUT2D eigenvalue weighted by atomic mass is 16.2. The summed E-state index contributed by atoms with van der Waals surface area (Å²) < 4.78 is 0. The van der Waals surface area contributed by atoms with Crippen LogP contribution in [-0.2, 0) is 9.59 Å². The molecule has 0 aliphatic carbocycles. The number of hydrogen-bond donors (Lipinski definition) is 1. The van der Waals surface area contributed by atoms with E-state index in [2.05, 4.69) is 31.3 Å². The fraction of sp³-hybridized carbons (Fsp3) is 0.579. The van der Waals surface area contributed by atoms with E-state index in [4.69, 9.17) is 0 Å². The van der Waals surface area contributed by atoms with Crippen molar-refractivity contribution in [3.63, 3.8) is 0 Å². The topological polar surface area (TPSA) is 52.7 Å². The van der Waals surface area contributed by atoms with Crippen molar-refractivity contribution in [2.45, 2.75) is 40.2 Å². The van der Waals surface area contributed by atoms with Crippen molar-refractivity contribution in [3.05, 3.63) is 28.8 Å². The van der Waals surface area contributed by atoms with Gasteiger partial charge in [-0.3, -0.25) is 9.59 Å². The molecule has 1 aromatic rings. The largest absolute Gasteiger partial charge is 0.340 e. The van der Waals surface area contributed by atoms with E-state index >= 15 is 0 Å². The Balaban J connectivity index is 1.78. The fourth-order valence-corrected chi connectivity index (χ4v) is 4.08. The van der Waals surface area contributed by atoms with Gasteiger partial charge in [0.05, 0.1) is 5.92 Å². The summed E-state index contributed by atoms with van der Waals surface area (Å²) in [6, 6.07) is 4.52. The molecule has 2 aliphatic rings. The number of carbonyl (C=O) groups is 2. The standard InChI is InChI=1S/C19H27N3O2/c1-12-7-13(2)18(14(3)8-12)22-11-16(9-17(22)23)19(24)21-6-5-20-15(4)10-21/h7-8,15-16,20H,5-6,9-11H2,1-4H3. The van der Waals surface area contributed by atoms with Gasteiger partial charge < -0.3 is 15.1 Å². The molecule has 0 spiro atoms. The first-order valence-electron chi connectivity index (χ1n) is 8.77. The van der Waals surface area contributed by atoms with Crippen molar-refractivity contribution in [2.75, 3.05) is 31.1 Å². The predicted molar refractivity (Wildman–Crippen MR) is 95.2 cm³/mol. The summed E-state index contributed by atoms with van der Waals surface area (Å²) in [7, 11) is 0. The molecule has 0 bridgehead atoms. The van der Waals surface area contributed by atoms with E-state index in [0.29, 0.717) is 19.0 Å². The smallest absolute Gasteiger partial charge is 0.228 e. The summed E-state index contributed by atoms with van der Waals surface area (Å²) in [5, 5.41) is 3.35. The summed E-state index contributed by atoms with van der Waals surface area (Å²) >= 11 is 0. The van der Waals surface area contributed by atoms with Gasteiger partial charge in [-0.1, -0.05) is 17.7 Å². The van der Waals surface area contributed by atoms with Crippen LogP contribution in [-0.4, -0.2) is 48.9 Å². The summed E-state index contributed by atoms with van der Waals surface area (Å²) in [6.07, 6.45) is 0.323. The van der Waals surface area contributed by atoms with Crippen LogP contribution in [0.1, 0.15) is 30.0 Å². The third-order valence-electron chi connectivity index (χ3n) is 5.06. The molecular formula is C19H27N3O2. The molecule has 1 N–H and O–H groups in total. The molecule has 2 saturated heterocycles.